The number of carboxylic acid groups (broad SMARTS) is 1. The molecular weight excluding hydrogens is 562 g/mol. The Hall–Kier alpha value is -3.80. The molecule has 3 aromatic carbocycles. The summed E-state index contributed by atoms with van der Waals surface area (Å²) in [7, 11) is 2.49. The van der Waals surface area contributed by atoms with E-state index >= 15 is 0 Å². The SMILES string of the molecule is COc1ccc(CC(C(C)CC(=O)O)[C@@H]2NCCc3cc(OC)c(OC)cc32)cc1OC.O=S(=O)(O)c1ccccc1. The maximum absolute atomic E-state index is 11.6. The van der Waals surface area contributed by atoms with Crippen LogP contribution in [0.1, 0.15) is 36.1 Å². The zero-order chi connectivity index (χ0) is 30.9. The van der Waals surface area contributed by atoms with Crippen LogP contribution in [0, 0.1) is 11.8 Å². The van der Waals surface area contributed by atoms with E-state index in [0.29, 0.717) is 29.4 Å². The first kappa shape index (κ1) is 32.7. The monoisotopic (exact) mass is 601 g/mol. The van der Waals surface area contributed by atoms with Gasteiger partial charge >= 0.3 is 5.97 Å². The van der Waals surface area contributed by atoms with Crippen molar-refractivity contribution < 1.29 is 41.8 Å². The van der Waals surface area contributed by atoms with Crippen molar-refractivity contribution in [3.05, 3.63) is 77.4 Å². The van der Waals surface area contributed by atoms with Gasteiger partial charge in [-0.15, -0.1) is 0 Å². The molecule has 0 spiro atoms. The molecule has 1 aliphatic rings. The van der Waals surface area contributed by atoms with E-state index in [2.05, 4.69) is 5.32 Å². The number of hydrogen-bond acceptors (Lipinski definition) is 8. The van der Waals surface area contributed by atoms with Gasteiger partial charge in [0.05, 0.1) is 33.3 Å². The number of carboxylic acids is 1. The summed E-state index contributed by atoms with van der Waals surface area (Å²) in [5, 5.41) is 13.1. The van der Waals surface area contributed by atoms with E-state index in [1.807, 2.05) is 37.3 Å². The molecule has 42 heavy (non-hydrogen) atoms. The number of hydrogen-bond donors (Lipinski definition) is 3. The highest BCUT2D eigenvalue weighted by Crippen LogP contribution is 2.41. The van der Waals surface area contributed by atoms with Crippen LogP contribution in [0.4, 0.5) is 0 Å². The predicted octanol–water partition coefficient (Wildman–Crippen LogP) is 4.81. The minimum absolute atomic E-state index is 0.0130. The number of methoxy groups -OCH3 is 4. The van der Waals surface area contributed by atoms with Gasteiger partial charge in [0.1, 0.15) is 0 Å². The molecule has 0 saturated carbocycles. The Bertz CT molecular complexity index is 1440. The highest BCUT2D eigenvalue weighted by atomic mass is 32.2. The van der Waals surface area contributed by atoms with Crippen molar-refractivity contribution in [1.82, 2.24) is 5.32 Å². The molecule has 228 valence electrons. The van der Waals surface area contributed by atoms with Gasteiger partial charge in [-0.25, -0.2) is 0 Å². The van der Waals surface area contributed by atoms with E-state index in [0.717, 1.165) is 24.1 Å². The summed E-state index contributed by atoms with van der Waals surface area (Å²) in [6, 6.07) is 17.4. The smallest absolute Gasteiger partial charge is 0.303 e. The summed E-state index contributed by atoms with van der Waals surface area (Å²) in [5.41, 5.74) is 3.40. The van der Waals surface area contributed by atoms with Gasteiger partial charge in [0, 0.05) is 12.5 Å². The first-order valence-corrected chi connectivity index (χ1v) is 14.9. The van der Waals surface area contributed by atoms with Crippen LogP contribution in [-0.2, 0) is 27.8 Å². The van der Waals surface area contributed by atoms with Crippen LogP contribution in [0.25, 0.3) is 0 Å². The van der Waals surface area contributed by atoms with Gasteiger partial charge < -0.3 is 29.4 Å². The van der Waals surface area contributed by atoms with Gasteiger partial charge in [-0.05, 0) is 84.3 Å². The Balaban J connectivity index is 0.000000408. The van der Waals surface area contributed by atoms with Crippen LogP contribution in [0.3, 0.4) is 0 Å². The molecule has 2 unspecified atom stereocenters. The number of ether oxygens (including phenoxy) is 4. The molecule has 1 heterocycles. The Morgan fingerprint density at radius 2 is 1.50 bits per heavy atom. The highest BCUT2D eigenvalue weighted by Gasteiger charge is 2.33. The van der Waals surface area contributed by atoms with Gasteiger partial charge in [-0.1, -0.05) is 31.2 Å². The summed E-state index contributed by atoms with van der Waals surface area (Å²) in [5.74, 6) is 1.91. The van der Waals surface area contributed by atoms with E-state index in [9.17, 15) is 18.3 Å². The average molecular weight is 602 g/mol. The molecule has 11 heteroatoms. The molecule has 1 aliphatic heterocycles. The summed E-state index contributed by atoms with van der Waals surface area (Å²) in [6.45, 7) is 2.83. The first-order valence-electron chi connectivity index (χ1n) is 13.5. The average Bonchev–Trinajstić information content (AvgIpc) is 2.98. The van der Waals surface area contributed by atoms with Crippen molar-refractivity contribution in [2.75, 3.05) is 35.0 Å². The Kier molecular flexibility index (Phi) is 11.6. The third kappa shape index (κ3) is 8.37. The fraction of sp³-hybridized carbons (Fsp3) is 0.387. The standard InChI is InChI=1S/C25H33NO6.C6H6O3S/c1-15(10-24(27)28)18(11-16-6-7-20(29-2)21(12-16)30-3)25-19-14-23(32-5)22(31-4)13-17(19)8-9-26-25;7-10(8,9)6-4-2-1-3-5-6/h6-7,12-15,18,25-26H,8-11H2,1-5H3,(H,27,28);1-5H,(H,7,8,9)/t15?,18?,25-;/m0./s1. The molecule has 0 aromatic heterocycles. The molecule has 0 bridgehead atoms. The molecule has 10 nitrogen and oxygen atoms in total. The van der Waals surface area contributed by atoms with Crippen molar-refractivity contribution in [1.29, 1.82) is 0 Å². The Labute approximate surface area is 247 Å². The van der Waals surface area contributed by atoms with Gasteiger partial charge in [-0.2, -0.15) is 8.42 Å². The highest BCUT2D eigenvalue weighted by molar-refractivity contribution is 7.85. The Morgan fingerprint density at radius 3 is 2.05 bits per heavy atom. The molecule has 4 rings (SSSR count). The number of carbonyl (C=O) groups is 1. The van der Waals surface area contributed by atoms with Gasteiger partial charge in [0.15, 0.2) is 23.0 Å². The van der Waals surface area contributed by atoms with Crippen LogP contribution in [0.2, 0.25) is 0 Å². The fourth-order valence-electron chi connectivity index (χ4n) is 5.24. The second-order valence-electron chi connectivity index (χ2n) is 10.0. The summed E-state index contributed by atoms with van der Waals surface area (Å²) in [6.07, 6.45) is 1.67. The van der Waals surface area contributed by atoms with Gasteiger partial charge in [0.25, 0.3) is 10.1 Å². The molecular formula is C31H39NO9S. The molecule has 0 saturated heterocycles. The zero-order valence-electron chi connectivity index (χ0n) is 24.5. The second-order valence-corrected chi connectivity index (χ2v) is 11.4. The van der Waals surface area contributed by atoms with E-state index in [1.165, 1.54) is 17.7 Å². The maximum atomic E-state index is 11.6. The van der Waals surface area contributed by atoms with Crippen LogP contribution >= 0.6 is 0 Å². The van der Waals surface area contributed by atoms with Crippen molar-refractivity contribution >= 4 is 16.1 Å². The largest absolute Gasteiger partial charge is 0.493 e. The first-order chi connectivity index (χ1) is 20.0. The molecule has 0 radical (unpaired) electrons. The van der Waals surface area contributed by atoms with Crippen molar-refractivity contribution in [3.63, 3.8) is 0 Å². The molecule has 0 aliphatic carbocycles. The molecule has 0 fully saturated rings. The summed E-state index contributed by atoms with van der Waals surface area (Å²) < 4.78 is 51.1. The lowest BCUT2D eigenvalue weighted by Crippen LogP contribution is -2.38. The van der Waals surface area contributed by atoms with Crippen molar-refractivity contribution in [2.45, 2.75) is 37.1 Å². The third-order valence-electron chi connectivity index (χ3n) is 7.36. The summed E-state index contributed by atoms with van der Waals surface area (Å²) in [4.78, 5) is 11.5. The van der Waals surface area contributed by atoms with E-state index in [4.69, 9.17) is 23.5 Å². The van der Waals surface area contributed by atoms with Crippen LogP contribution in [-0.4, -0.2) is 59.0 Å². The lowest BCUT2D eigenvalue weighted by Gasteiger charge is -2.37. The maximum Gasteiger partial charge on any atom is 0.303 e. The molecule has 0 amide bonds. The van der Waals surface area contributed by atoms with E-state index < -0.39 is 16.1 Å². The predicted molar refractivity (Wildman–Crippen MR) is 158 cm³/mol. The topological polar surface area (TPSA) is 141 Å². The number of rotatable bonds is 11. The zero-order valence-corrected chi connectivity index (χ0v) is 25.3. The minimum Gasteiger partial charge on any atom is -0.493 e. The second kappa shape index (κ2) is 14.9. The third-order valence-corrected chi connectivity index (χ3v) is 8.22. The number of nitrogens with one attached hydrogen (secondary N) is 1. The molecule has 3 N–H and O–H groups in total. The summed E-state index contributed by atoms with van der Waals surface area (Å²) >= 11 is 0. The Morgan fingerprint density at radius 1 is 0.905 bits per heavy atom. The number of fused-ring (bicyclic) bond motifs is 1. The number of benzene rings is 3. The number of aliphatic carboxylic acids is 1. The van der Waals surface area contributed by atoms with Gasteiger partial charge in [-0.3, -0.25) is 9.35 Å². The van der Waals surface area contributed by atoms with Crippen molar-refractivity contribution in [2.24, 2.45) is 11.8 Å². The quantitative estimate of drug-likeness (QED) is 0.262. The van der Waals surface area contributed by atoms with Crippen LogP contribution in [0.5, 0.6) is 23.0 Å². The molecule has 3 aromatic rings. The lowest BCUT2D eigenvalue weighted by molar-refractivity contribution is -0.138. The minimum atomic E-state index is -4.00. The van der Waals surface area contributed by atoms with Crippen LogP contribution in [0.15, 0.2) is 65.6 Å². The lowest BCUT2D eigenvalue weighted by atomic mass is 9.75. The van der Waals surface area contributed by atoms with Crippen molar-refractivity contribution in [3.8, 4) is 23.0 Å². The van der Waals surface area contributed by atoms with E-state index in [-0.39, 0.29) is 29.2 Å². The van der Waals surface area contributed by atoms with E-state index in [1.54, 1.807) is 46.6 Å². The normalized spacial score (nSPS) is 15.7. The van der Waals surface area contributed by atoms with Crippen LogP contribution < -0.4 is 24.3 Å². The van der Waals surface area contributed by atoms with Gasteiger partial charge in [0.2, 0.25) is 0 Å². The molecule has 3 atom stereocenters. The fourth-order valence-corrected chi connectivity index (χ4v) is 5.74.